The molecule has 122 valence electrons. The first-order chi connectivity index (χ1) is 11.2. The zero-order valence-corrected chi connectivity index (χ0v) is 13.5. The molecule has 2 saturated heterocycles. The molecular weight excluding hydrogens is 288 g/mol. The molecule has 4 heterocycles. The summed E-state index contributed by atoms with van der Waals surface area (Å²) in [5.41, 5.74) is 2.46. The number of piperazine rings is 1. The number of hydrogen-bond donors (Lipinski definition) is 1. The van der Waals surface area contributed by atoms with Gasteiger partial charge in [0.1, 0.15) is 0 Å². The molecule has 1 N–H and O–H groups in total. The highest BCUT2D eigenvalue weighted by atomic mass is 16.3. The van der Waals surface area contributed by atoms with Gasteiger partial charge in [0.15, 0.2) is 0 Å². The molecule has 2 aromatic heterocycles. The Morgan fingerprint density at radius 2 is 2.00 bits per heavy atom. The smallest absolute Gasteiger partial charge is 0.0682 e. The third kappa shape index (κ3) is 2.92. The second kappa shape index (κ2) is 6.07. The summed E-state index contributed by atoms with van der Waals surface area (Å²) < 4.78 is 2.24. The minimum absolute atomic E-state index is 0.146. The number of aliphatic hydroxyl groups is 1. The number of aromatic nitrogens is 2. The SMILES string of the molecule is C[C@H]1CN2C[C@H](O)C[C@@H]2CN1Cc1cccn1-c1ccncc1. The van der Waals surface area contributed by atoms with E-state index >= 15 is 0 Å². The van der Waals surface area contributed by atoms with E-state index in [-0.39, 0.29) is 6.10 Å². The van der Waals surface area contributed by atoms with Crippen LogP contribution >= 0.6 is 0 Å². The maximum atomic E-state index is 9.91. The molecule has 0 saturated carbocycles. The molecule has 0 radical (unpaired) electrons. The fourth-order valence-corrected chi connectivity index (χ4v) is 4.01. The summed E-state index contributed by atoms with van der Waals surface area (Å²) in [7, 11) is 0. The van der Waals surface area contributed by atoms with Crippen LogP contribution in [0.25, 0.3) is 5.69 Å². The van der Waals surface area contributed by atoms with Gasteiger partial charge in [0, 0.05) is 68.2 Å². The van der Waals surface area contributed by atoms with Crippen molar-refractivity contribution in [2.45, 2.75) is 38.1 Å². The van der Waals surface area contributed by atoms with Crippen molar-refractivity contribution >= 4 is 0 Å². The maximum Gasteiger partial charge on any atom is 0.0682 e. The van der Waals surface area contributed by atoms with Gasteiger partial charge >= 0.3 is 0 Å². The summed E-state index contributed by atoms with van der Waals surface area (Å²) in [5, 5.41) is 9.91. The lowest BCUT2D eigenvalue weighted by Gasteiger charge is -2.42. The fourth-order valence-electron chi connectivity index (χ4n) is 4.01. The number of aliphatic hydroxyl groups excluding tert-OH is 1. The average Bonchev–Trinajstić information content (AvgIpc) is 3.14. The molecule has 0 aliphatic carbocycles. The Hall–Kier alpha value is -1.69. The summed E-state index contributed by atoms with van der Waals surface area (Å²) in [5.74, 6) is 0. The van der Waals surface area contributed by atoms with Gasteiger partial charge < -0.3 is 9.67 Å². The third-order valence-electron chi connectivity index (χ3n) is 5.21. The van der Waals surface area contributed by atoms with Crippen molar-refractivity contribution in [1.82, 2.24) is 19.4 Å². The van der Waals surface area contributed by atoms with Gasteiger partial charge in [-0.2, -0.15) is 0 Å². The lowest BCUT2D eigenvalue weighted by molar-refractivity contribution is 0.0517. The number of nitrogens with zero attached hydrogens (tertiary/aromatic N) is 4. The van der Waals surface area contributed by atoms with E-state index in [1.165, 1.54) is 5.69 Å². The maximum absolute atomic E-state index is 9.91. The summed E-state index contributed by atoms with van der Waals surface area (Å²) in [6, 6.07) is 9.40. The van der Waals surface area contributed by atoms with Crippen LogP contribution in [0.2, 0.25) is 0 Å². The van der Waals surface area contributed by atoms with Crippen molar-refractivity contribution in [2.24, 2.45) is 0 Å². The van der Waals surface area contributed by atoms with Crippen LogP contribution in [0.1, 0.15) is 19.0 Å². The number of rotatable bonds is 3. The Kier molecular flexibility index (Phi) is 3.93. The first-order valence-corrected chi connectivity index (χ1v) is 8.43. The van der Waals surface area contributed by atoms with Crippen LogP contribution in [0, 0.1) is 0 Å². The molecule has 5 heteroatoms. The van der Waals surface area contributed by atoms with Crippen LogP contribution < -0.4 is 0 Å². The zero-order valence-electron chi connectivity index (χ0n) is 13.5. The van der Waals surface area contributed by atoms with Crippen LogP contribution in [0.15, 0.2) is 42.9 Å². The van der Waals surface area contributed by atoms with Crippen LogP contribution in [0.3, 0.4) is 0 Å². The molecule has 2 fully saturated rings. The van der Waals surface area contributed by atoms with Crippen LogP contribution in [0.5, 0.6) is 0 Å². The van der Waals surface area contributed by atoms with E-state index in [1.807, 2.05) is 24.5 Å². The van der Waals surface area contributed by atoms with Crippen LogP contribution in [0.4, 0.5) is 0 Å². The Morgan fingerprint density at radius 3 is 2.83 bits per heavy atom. The summed E-state index contributed by atoms with van der Waals surface area (Å²) in [4.78, 5) is 9.10. The Bertz CT molecular complexity index is 656. The molecule has 0 aromatic carbocycles. The first kappa shape index (κ1) is 14.9. The lowest BCUT2D eigenvalue weighted by atomic mass is 10.1. The summed E-state index contributed by atoms with van der Waals surface area (Å²) >= 11 is 0. The third-order valence-corrected chi connectivity index (χ3v) is 5.21. The normalized spacial score (nSPS) is 28.9. The molecular formula is C18H24N4O. The molecule has 5 nitrogen and oxygen atoms in total. The molecule has 0 bridgehead atoms. The summed E-state index contributed by atoms with van der Waals surface area (Å²) in [6.07, 6.45) is 6.55. The molecule has 3 atom stereocenters. The quantitative estimate of drug-likeness (QED) is 0.933. The van der Waals surface area contributed by atoms with Gasteiger partial charge in [0.25, 0.3) is 0 Å². The standard InChI is InChI=1S/C18H24N4O/c1-14-10-21-13-18(23)9-17(21)12-20(14)11-16-3-2-8-22(16)15-4-6-19-7-5-15/h2-8,14,17-18,23H,9-13H2,1H3/t14-,17+,18+/m0/s1. The van der Waals surface area contributed by atoms with Gasteiger partial charge in [0.05, 0.1) is 6.10 Å². The molecule has 0 amide bonds. The van der Waals surface area contributed by atoms with Crippen molar-refractivity contribution in [2.75, 3.05) is 19.6 Å². The highest BCUT2D eigenvalue weighted by molar-refractivity contribution is 5.33. The van der Waals surface area contributed by atoms with Crippen molar-refractivity contribution in [3.05, 3.63) is 48.5 Å². The fraction of sp³-hybridized carbons (Fsp3) is 0.500. The van der Waals surface area contributed by atoms with Crippen LogP contribution in [-0.2, 0) is 6.54 Å². The van der Waals surface area contributed by atoms with Crippen molar-refractivity contribution in [3.63, 3.8) is 0 Å². The van der Waals surface area contributed by atoms with E-state index in [0.717, 1.165) is 38.3 Å². The zero-order chi connectivity index (χ0) is 15.8. The molecule has 0 unspecified atom stereocenters. The second-order valence-corrected chi connectivity index (χ2v) is 6.85. The van der Waals surface area contributed by atoms with Crippen molar-refractivity contribution < 1.29 is 5.11 Å². The van der Waals surface area contributed by atoms with Crippen molar-refractivity contribution in [3.8, 4) is 5.69 Å². The van der Waals surface area contributed by atoms with Gasteiger partial charge in [-0.25, -0.2) is 0 Å². The van der Waals surface area contributed by atoms with Crippen molar-refractivity contribution in [1.29, 1.82) is 0 Å². The Labute approximate surface area is 137 Å². The van der Waals surface area contributed by atoms with Gasteiger partial charge in [-0.15, -0.1) is 0 Å². The van der Waals surface area contributed by atoms with E-state index in [1.54, 1.807) is 0 Å². The average molecular weight is 312 g/mol. The monoisotopic (exact) mass is 312 g/mol. The van der Waals surface area contributed by atoms with E-state index in [0.29, 0.717) is 12.1 Å². The van der Waals surface area contributed by atoms with E-state index < -0.39 is 0 Å². The van der Waals surface area contributed by atoms with Gasteiger partial charge in [-0.1, -0.05) is 0 Å². The predicted molar refractivity (Wildman–Crippen MR) is 89.4 cm³/mol. The van der Waals surface area contributed by atoms with E-state index in [4.69, 9.17) is 0 Å². The molecule has 2 aliphatic rings. The highest BCUT2D eigenvalue weighted by Crippen LogP contribution is 2.26. The largest absolute Gasteiger partial charge is 0.392 e. The molecule has 4 rings (SSSR count). The van der Waals surface area contributed by atoms with E-state index in [9.17, 15) is 5.11 Å². The molecule has 23 heavy (non-hydrogen) atoms. The lowest BCUT2D eigenvalue weighted by Crippen LogP contribution is -2.54. The van der Waals surface area contributed by atoms with Gasteiger partial charge in [0.2, 0.25) is 0 Å². The molecule has 0 spiro atoms. The van der Waals surface area contributed by atoms with Gasteiger partial charge in [-0.05, 0) is 37.6 Å². The van der Waals surface area contributed by atoms with Gasteiger partial charge in [-0.3, -0.25) is 14.8 Å². The second-order valence-electron chi connectivity index (χ2n) is 6.85. The Balaban J connectivity index is 1.52. The number of hydrogen-bond acceptors (Lipinski definition) is 4. The van der Waals surface area contributed by atoms with E-state index in [2.05, 4.69) is 44.6 Å². The minimum atomic E-state index is -0.146. The Morgan fingerprint density at radius 1 is 1.17 bits per heavy atom. The minimum Gasteiger partial charge on any atom is -0.392 e. The topological polar surface area (TPSA) is 44.5 Å². The summed E-state index contributed by atoms with van der Waals surface area (Å²) in [6.45, 7) is 6.17. The molecule has 2 aromatic rings. The molecule has 2 aliphatic heterocycles. The number of pyridine rings is 1. The highest BCUT2D eigenvalue weighted by Gasteiger charge is 2.38. The van der Waals surface area contributed by atoms with Crippen LogP contribution in [-0.4, -0.2) is 62.3 Å². The predicted octanol–water partition coefficient (Wildman–Crippen LogP) is 1.51. The number of fused-ring (bicyclic) bond motifs is 1. The first-order valence-electron chi connectivity index (χ1n) is 8.43.